The van der Waals surface area contributed by atoms with Crippen LogP contribution in [-0.4, -0.2) is 5.60 Å². The normalized spacial score (nSPS) is 10.1. The molecular weight excluding hydrogens is 451 g/mol. The van der Waals surface area contributed by atoms with Gasteiger partial charge in [0.2, 0.25) is 0 Å². The first kappa shape index (κ1) is 25.7. The van der Waals surface area contributed by atoms with Crippen molar-refractivity contribution >= 4 is 44.8 Å². The highest BCUT2D eigenvalue weighted by Gasteiger charge is 2.09. The molecule has 0 unspecified atom stereocenters. The average molecular weight is 478 g/mol. The van der Waals surface area contributed by atoms with Crippen LogP contribution in [0.1, 0.15) is 43.0 Å². The molecule has 0 radical (unpaired) electrons. The molecule has 2 aromatic rings. The summed E-state index contributed by atoms with van der Waals surface area (Å²) in [4.78, 5) is 13.6. The molecule has 0 aliphatic carbocycles. The second-order valence-electron chi connectivity index (χ2n) is 7.13. The Morgan fingerprint density at radius 2 is 1.37 bits per heavy atom. The van der Waals surface area contributed by atoms with Crippen molar-refractivity contribution in [1.82, 2.24) is 0 Å². The Morgan fingerprint density at radius 3 is 1.70 bits per heavy atom. The van der Waals surface area contributed by atoms with Gasteiger partial charge in [-0.3, -0.25) is 0 Å². The molecule has 0 aromatic heterocycles. The van der Waals surface area contributed by atoms with Gasteiger partial charge in [-0.1, -0.05) is 35.3 Å². The summed E-state index contributed by atoms with van der Waals surface area (Å²) < 4.78 is 1.000. The number of nitrogen functional groups attached to an aromatic ring is 1. The standard InChI is InChI=1S/C8H8BrCl.C8H10ClN.C4H9NO2/c1-5-3-6(2)8(9)7(10)4-5;1-5-3-6(2)8(10)7(9)4-5;1-4(2,3)7-5-6/h3-4H,1-2H3;3-4H,10H2,1-2H3;1-3H3. The highest BCUT2D eigenvalue weighted by Crippen LogP contribution is 2.27. The van der Waals surface area contributed by atoms with Gasteiger partial charge < -0.3 is 10.6 Å². The van der Waals surface area contributed by atoms with Gasteiger partial charge in [0.05, 0.1) is 15.7 Å². The zero-order valence-electron chi connectivity index (χ0n) is 16.8. The lowest BCUT2D eigenvalue weighted by Gasteiger charge is -2.11. The number of aryl methyl sites for hydroxylation is 4. The number of benzene rings is 2. The molecule has 2 rings (SSSR count). The van der Waals surface area contributed by atoms with Crippen LogP contribution in [0.5, 0.6) is 0 Å². The Balaban J connectivity index is 0.000000384. The van der Waals surface area contributed by atoms with Crippen molar-refractivity contribution in [2.45, 2.75) is 54.1 Å². The third-order valence-corrected chi connectivity index (χ3v) is 5.04. The van der Waals surface area contributed by atoms with E-state index < -0.39 is 5.60 Å². The maximum atomic E-state index is 9.35. The predicted octanol–water partition coefficient (Wildman–Crippen LogP) is 7.74. The molecule has 2 aromatic carbocycles. The minimum absolute atomic E-state index is 0.429. The Morgan fingerprint density at radius 1 is 0.926 bits per heavy atom. The number of hydrogen-bond donors (Lipinski definition) is 1. The lowest BCUT2D eigenvalue weighted by Crippen LogP contribution is -2.14. The van der Waals surface area contributed by atoms with Crippen molar-refractivity contribution in [2.75, 3.05) is 5.73 Å². The Bertz CT molecular complexity index is 674. The Hall–Kier alpha value is -1.30. The van der Waals surface area contributed by atoms with E-state index in [1.54, 1.807) is 20.8 Å². The summed E-state index contributed by atoms with van der Waals surface area (Å²) in [6.45, 7) is 13.3. The van der Waals surface area contributed by atoms with Gasteiger partial charge in [0.25, 0.3) is 0 Å². The molecule has 0 saturated carbocycles. The molecule has 0 fully saturated rings. The van der Waals surface area contributed by atoms with Crippen molar-refractivity contribution < 1.29 is 4.84 Å². The van der Waals surface area contributed by atoms with E-state index in [-0.39, 0.29) is 0 Å². The van der Waals surface area contributed by atoms with Crippen molar-refractivity contribution in [2.24, 2.45) is 5.34 Å². The molecule has 0 aliphatic heterocycles. The molecule has 0 atom stereocenters. The van der Waals surface area contributed by atoms with E-state index in [4.69, 9.17) is 28.9 Å². The maximum Gasteiger partial charge on any atom is 0.155 e. The molecule has 0 spiro atoms. The second kappa shape index (κ2) is 11.5. The molecule has 0 bridgehead atoms. The molecule has 0 aliphatic rings. The van der Waals surface area contributed by atoms with Crippen LogP contribution in [0.25, 0.3) is 0 Å². The third kappa shape index (κ3) is 10.6. The van der Waals surface area contributed by atoms with Gasteiger partial charge in [0.15, 0.2) is 5.34 Å². The minimum atomic E-state index is -0.429. The minimum Gasteiger partial charge on any atom is -0.397 e. The molecule has 150 valence electrons. The first-order valence-corrected chi connectivity index (χ1v) is 9.78. The molecular formula is C20H27BrCl2N2O2. The van der Waals surface area contributed by atoms with Crippen molar-refractivity contribution in [3.63, 3.8) is 0 Å². The van der Waals surface area contributed by atoms with Crippen LogP contribution >= 0.6 is 39.1 Å². The van der Waals surface area contributed by atoms with Crippen LogP contribution in [0, 0.1) is 32.6 Å². The fourth-order valence-electron chi connectivity index (χ4n) is 1.94. The smallest absolute Gasteiger partial charge is 0.155 e. The van der Waals surface area contributed by atoms with Gasteiger partial charge in [-0.15, -0.1) is 4.91 Å². The van der Waals surface area contributed by atoms with Crippen molar-refractivity contribution in [1.29, 1.82) is 0 Å². The summed E-state index contributed by atoms with van der Waals surface area (Å²) in [5, 5.41) is 3.70. The SMILES string of the molecule is CC(C)(C)ON=O.Cc1cc(C)c(Br)c(Cl)c1.Cc1cc(C)c(N)c(Cl)c1. The van der Waals surface area contributed by atoms with Gasteiger partial charge in [0.1, 0.15) is 5.60 Å². The summed E-state index contributed by atoms with van der Waals surface area (Å²) in [7, 11) is 0. The summed E-state index contributed by atoms with van der Waals surface area (Å²) in [6, 6.07) is 7.92. The Labute approximate surface area is 180 Å². The highest BCUT2D eigenvalue weighted by atomic mass is 79.9. The van der Waals surface area contributed by atoms with Gasteiger partial charge in [-0.2, -0.15) is 0 Å². The van der Waals surface area contributed by atoms with Crippen molar-refractivity contribution in [3.05, 3.63) is 65.9 Å². The average Bonchev–Trinajstić information content (AvgIpc) is 2.50. The van der Waals surface area contributed by atoms with Crippen LogP contribution in [0.15, 0.2) is 34.1 Å². The first-order valence-electron chi connectivity index (χ1n) is 8.23. The van der Waals surface area contributed by atoms with E-state index in [9.17, 15) is 4.91 Å². The molecule has 0 amide bonds. The zero-order valence-corrected chi connectivity index (χ0v) is 19.9. The number of nitrogens with zero attached hydrogens (tertiary/aromatic N) is 1. The van der Waals surface area contributed by atoms with Crippen molar-refractivity contribution in [3.8, 4) is 0 Å². The second-order valence-corrected chi connectivity index (χ2v) is 8.74. The Kier molecular flexibility index (Phi) is 11.0. The topological polar surface area (TPSA) is 64.7 Å². The predicted molar refractivity (Wildman–Crippen MR) is 121 cm³/mol. The quantitative estimate of drug-likeness (QED) is 0.259. The van der Waals surface area contributed by atoms with Crippen LogP contribution < -0.4 is 5.73 Å². The fraction of sp³-hybridized carbons (Fsp3) is 0.400. The maximum absolute atomic E-state index is 9.35. The number of rotatable bonds is 1. The van der Waals surface area contributed by atoms with E-state index >= 15 is 0 Å². The lowest BCUT2D eigenvalue weighted by atomic mass is 10.1. The summed E-state index contributed by atoms with van der Waals surface area (Å²) in [6.07, 6.45) is 0. The monoisotopic (exact) mass is 476 g/mol. The first-order chi connectivity index (χ1) is 12.3. The summed E-state index contributed by atoms with van der Waals surface area (Å²) >= 11 is 15.0. The number of hydrogen-bond acceptors (Lipinski definition) is 4. The van der Waals surface area contributed by atoms with E-state index in [2.05, 4.69) is 32.2 Å². The van der Waals surface area contributed by atoms with Gasteiger partial charge >= 0.3 is 0 Å². The van der Waals surface area contributed by atoms with Gasteiger partial charge in [0, 0.05) is 4.47 Å². The third-order valence-electron chi connectivity index (χ3n) is 3.15. The molecule has 2 N–H and O–H groups in total. The number of nitrogens with two attached hydrogens (primary N) is 1. The van der Waals surface area contributed by atoms with Crippen LogP contribution in [0.4, 0.5) is 5.69 Å². The number of halogens is 3. The summed E-state index contributed by atoms with van der Waals surface area (Å²) in [5.41, 5.74) is 10.5. The van der Waals surface area contributed by atoms with Gasteiger partial charge in [-0.25, -0.2) is 0 Å². The van der Waals surface area contributed by atoms with Crippen LogP contribution in [0.2, 0.25) is 10.0 Å². The van der Waals surface area contributed by atoms with E-state index in [0.717, 1.165) is 20.6 Å². The van der Waals surface area contributed by atoms with Crippen LogP contribution in [0.3, 0.4) is 0 Å². The molecule has 27 heavy (non-hydrogen) atoms. The molecule has 0 saturated heterocycles. The van der Waals surface area contributed by atoms with Crippen LogP contribution in [-0.2, 0) is 4.84 Å². The molecule has 0 heterocycles. The van der Waals surface area contributed by atoms with E-state index in [1.807, 2.05) is 45.9 Å². The summed E-state index contributed by atoms with van der Waals surface area (Å²) in [5.74, 6) is 0. The van der Waals surface area contributed by atoms with Gasteiger partial charge in [-0.05, 0) is 98.8 Å². The largest absolute Gasteiger partial charge is 0.397 e. The zero-order chi connectivity index (χ0) is 21.4. The van der Waals surface area contributed by atoms with E-state index in [0.29, 0.717) is 10.7 Å². The molecule has 7 heteroatoms. The molecule has 4 nitrogen and oxygen atoms in total. The fourth-order valence-corrected chi connectivity index (χ4v) is 2.81. The van der Waals surface area contributed by atoms with E-state index in [1.165, 1.54) is 11.1 Å². The number of anilines is 1. The highest BCUT2D eigenvalue weighted by molar-refractivity contribution is 9.10. The lowest BCUT2D eigenvalue weighted by molar-refractivity contribution is -0.00229.